The van der Waals surface area contributed by atoms with Gasteiger partial charge < -0.3 is 14.6 Å². The van der Waals surface area contributed by atoms with Gasteiger partial charge in [0.15, 0.2) is 15.7 Å². The van der Waals surface area contributed by atoms with Crippen LogP contribution in [0.2, 0.25) is 0 Å². The van der Waals surface area contributed by atoms with E-state index in [-0.39, 0.29) is 11.8 Å². The number of anilines is 1. The largest absolute Gasteiger partial charge is 0.377 e. The summed E-state index contributed by atoms with van der Waals surface area (Å²) >= 11 is 0. The molecule has 0 saturated carbocycles. The molecule has 1 saturated heterocycles. The van der Waals surface area contributed by atoms with Gasteiger partial charge in [0.1, 0.15) is 5.82 Å². The van der Waals surface area contributed by atoms with Crippen LogP contribution in [0.15, 0.2) is 36.5 Å². The van der Waals surface area contributed by atoms with Gasteiger partial charge in [-0.2, -0.15) is 0 Å². The Morgan fingerprint density at radius 3 is 2.83 bits per heavy atom. The topological polar surface area (TPSA) is 88.2 Å². The maximum atomic E-state index is 12.5. The Hall–Kier alpha value is -2.45. The van der Waals surface area contributed by atoms with E-state index in [1.54, 1.807) is 19.9 Å². The SMILES string of the molecule is CC(C)S(=O)(=O)Cc1cc(N2CCOC[C@H]2C)nc(-c2ccc3[nH]ccc3c2)n1. The molecular formula is C21H26N4O3S. The Kier molecular flexibility index (Phi) is 5.31. The lowest BCUT2D eigenvalue weighted by molar-refractivity contribution is 0.0985. The standard InChI is InChI=1S/C21H26N4O3S/c1-14(2)29(26,27)13-18-11-20(25-8-9-28-12-15(25)3)24-21(23-18)17-4-5-19-16(10-17)6-7-22-19/h4-7,10-11,14-15,22H,8-9,12-13H2,1-3H3/t15-/m1/s1. The second-order valence-electron chi connectivity index (χ2n) is 7.79. The van der Waals surface area contributed by atoms with Gasteiger partial charge in [-0.25, -0.2) is 18.4 Å². The number of aromatic nitrogens is 3. The lowest BCUT2D eigenvalue weighted by atomic mass is 10.1. The van der Waals surface area contributed by atoms with Gasteiger partial charge in [0.25, 0.3) is 0 Å². The molecule has 3 heterocycles. The number of rotatable bonds is 5. The third-order valence-corrected chi connectivity index (χ3v) is 7.44. The predicted molar refractivity (Wildman–Crippen MR) is 115 cm³/mol. The zero-order valence-corrected chi connectivity index (χ0v) is 17.7. The Labute approximate surface area is 171 Å². The zero-order chi connectivity index (χ0) is 20.6. The van der Waals surface area contributed by atoms with Gasteiger partial charge in [-0.1, -0.05) is 0 Å². The molecular weight excluding hydrogens is 388 g/mol. The molecule has 3 aromatic rings. The molecule has 29 heavy (non-hydrogen) atoms. The molecule has 0 bridgehead atoms. The minimum atomic E-state index is -3.28. The number of H-pyrrole nitrogens is 1. The lowest BCUT2D eigenvalue weighted by Crippen LogP contribution is -2.44. The highest BCUT2D eigenvalue weighted by Crippen LogP contribution is 2.26. The van der Waals surface area contributed by atoms with Crippen LogP contribution in [0, 0.1) is 0 Å². The Bertz CT molecular complexity index is 1120. The summed E-state index contributed by atoms with van der Waals surface area (Å²) in [6.45, 7) is 7.43. The van der Waals surface area contributed by atoms with E-state index in [9.17, 15) is 8.42 Å². The average molecular weight is 415 g/mol. The van der Waals surface area contributed by atoms with E-state index in [0.29, 0.717) is 31.3 Å². The van der Waals surface area contributed by atoms with Gasteiger partial charge in [0.05, 0.1) is 36.0 Å². The molecule has 1 aliphatic heterocycles. The molecule has 0 radical (unpaired) electrons. The molecule has 4 rings (SSSR count). The fraction of sp³-hybridized carbons (Fsp3) is 0.429. The van der Waals surface area contributed by atoms with Crippen molar-refractivity contribution in [2.45, 2.75) is 37.8 Å². The van der Waals surface area contributed by atoms with Gasteiger partial charge in [-0.05, 0) is 45.0 Å². The van der Waals surface area contributed by atoms with Crippen LogP contribution in [0.3, 0.4) is 0 Å². The first kappa shape index (κ1) is 19.8. The summed E-state index contributed by atoms with van der Waals surface area (Å²) in [5.41, 5.74) is 2.42. The van der Waals surface area contributed by atoms with Crippen molar-refractivity contribution in [1.82, 2.24) is 15.0 Å². The first-order valence-electron chi connectivity index (χ1n) is 9.85. The summed E-state index contributed by atoms with van der Waals surface area (Å²) in [6.07, 6.45) is 1.89. The van der Waals surface area contributed by atoms with E-state index in [0.717, 1.165) is 22.3 Å². The summed E-state index contributed by atoms with van der Waals surface area (Å²) in [7, 11) is -3.28. The second kappa shape index (κ2) is 7.76. The van der Waals surface area contributed by atoms with Crippen molar-refractivity contribution in [1.29, 1.82) is 0 Å². The van der Waals surface area contributed by atoms with E-state index in [4.69, 9.17) is 9.72 Å². The highest BCUT2D eigenvalue weighted by molar-refractivity contribution is 7.91. The van der Waals surface area contributed by atoms with Crippen LogP contribution in [0.4, 0.5) is 5.82 Å². The minimum Gasteiger partial charge on any atom is -0.377 e. The number of benzene rings is 1. The van der Waals surface area contributed by atoms with Crippen LogP contribution in [0.1, 0.15) is 26.5 Å². The number of fused-ring (bicyclic) bond motifs is 1. The maximum absolute atomic E-state index is 12.5. The minimum absolute atomic E-state index is 0.0989. The number of aromatic amines is 1. The monoisotopic (exact) mass is 414 g/mol. The van der Waals surface area contributed by atoms with Gasteiger partial charge in [-0.15, -0.1) is 0 Å². The van der Waals surface area contributed by atoms with Crippen molar-refractivity contribution in [3.8, 4) is 11.4 Å². The molecule has 1 fully saturated rings. The third kappa shape index (κ3) is 4.13. The number of nitrogens with zero attached hydrogens (tertiary/aromatic N) is 3. The summed E-state index contributed by atoms with van der Waals surface area (Å²) in [5, 5.41) is 0.607. The van der Waals surface area contributed by atoms with E-state index in [1.807, 2.05) is 30.5 Å². The number of nitrogens with one attached hydrogen (secondary N) is 1. The molecule has 0 unspecified atom stereocenters. The van der Waals surface area contributed by atoms with Crippen molar-refractivity contribution in [2.24, 2.45) is 0 Å². The van der Waals surface area contributed by atoms with Crippen molar-refractivity contribution in [2.75, 3.05) is 24.7 Å². The Morgan fingerprint density at radius 1 is 1.24 bits per heavy atom. The van der Waals surface area contributed by atoms with Gasteiger partial charge in [0.2, 0.25) is 0 Å². The summed E-state index contributed by atoms with van der Waals surface area (Å²) in [6, 6.07) is 9.93. The van der Waals surface area contributed by atoms with Crippen LogP contribution in [0.5, 0.6) is 0 Å². The summed E-state index contributed by atoms with van der Waals surface area (Å²) < 4.78 is 30.6. The zero-order valence-electron chi connectivity index (χ0n) is 16.9. The molecule has 1 atom stereocenters. The van der Waals surface area contributed by atoms with Crippen molar-refractivity contribution in [3.05, 3.63) is 42.2 Å². The number of hydrogen-bond acceptors (Lipinski definition) is 6. The van der Waals surface area contributed by atoms with Crippen LogP contribution >= 0.6 is 0 Å². The van der Waals surface area contributed by atoms with E-state index in [2.05, 4.69) is 21.8 Å². The number of sulfone groups is 1. The molecule has 0 amide bonds. The lowest BCUT2D eigenvalue weighted by Gasteiger charge is -2.34. The highest BCUT2D eigenvalue weighted by Gasteiger charge is 2.24. The van der Waals surface area contributed by atoms with E-state index in [1.165, 1.54) is 0 Å². The smallest absolute Gasteiger partial charge is 0.161 e. The number of hydrogen-bond donors (Lipinski definition) is 1. The molecule has 1 aromatic carbocycles. The van der Waals surface area contributed by atoms with Crippen molar-refractivity contribution >= 4 is 26.6 Å². The molecule has 1 aliphatic rings. The second-order valence-corrected chi connectivity index (χ2v) is 10.4. The van der Waals surface area contributed by atoms with Crippen LogP contribution in [-0.4, -0.2) is 54.4 Å². The molecule has 154 valence electrons. The highest BCUT2D eigenvalue weighted by atomic mass is 32.2. The van der Waals surface area contributed by atoms with Gasteiger partial charge >= 0.3 is 0 Å². The number of ether oxygens (including phenoxy) is 1. The quantitative estimate of drug-likeness (QED) is 0.690. The fourth-order valence-corrected chi connectivity index (χ4v) is 4.36. The van der Waals surface area contributed by atoms with Gasteiger partial charge in [0, 0.05) is 35.3 Å². The third-order valence-electron chi connectivity index (χ3n) is 5.31. The first-order chi connectivity index (χ1) is 13.8. The Balaban J connectivity index is 1.80. The molecule has 2 aromatic heterocycles. The van der Waals surface area contributed by atoms with E-state index >= 15 is 0 Å². The van der Waals surface area contributed by atoms with Crippen molar-refractivity contribution < 1.29 is 13.2 Å². The molecule has 8 heteroatoms. The summed E-state index contributed by atoms with van der Waals surface area (Å²) in [4.78, 5) is 14.8. The normalized spacial score (nSPS) is 17.9. The van der Waals surface area contributed by atoms with Crippen LogP contribution < -0.4 is 4.90 Å². The van der Waals surface area contributed by atoms with Crippen molar-refractivity contribution in [3.63, 3.8) is 0 Å². The van der Waals surface area contributed by atoms with E-state index < -0.39 is 15.1 Å². The first-order valence-corrected chi connectivity index (χ1v) is 11.6. The van der Waals surface area contributed by atoms with Crippen LogP contribution in [-0.2, 0) is 20.3 Å². The average Bonchev–Trinajstić information content (AvgIpc) is 3.15. The Morgan fingerprint density at radius 2 is 2.07 bits per heavy atom. The molecule has 7 nitrogen and oxygen atoms in total. The predicted octanol–water partition coefficient (Wildman–Crippen LogP) is 3.17. The maximum Gasteiger partial charge on any atom is 0.161 e. The summed E-state index contributed by atoms with van der Waals surface area (Å²) in [5.74, 6) is 1.19. The number of morpholine rings is 1. The molecule has 0 aliphatic carbocycles. The fourth-order valence-electron chi connectivity index (χ4n) is 3.47. The van der Waals surface area contributed by atoms with Gasteiger partial charge in [-0.3, -0.25) is 0 Å². The molecule has 0 spiro atoms. The molecule has 1 N–H and O–H groups in total. The van der Waals surface area contributed by atoms with Crippen LogP contribution in [0.25, 0.3) is 22.3 Å².